The molecule has 7 nitrogen and oxygen atoms in total. The molecule has 1 aliphatic heterocycles. The van der Waals surface area contributed by atoms with Gasteiger partial charge in [0.2, 0.25) is 0 Å². The number of para-hydroxylation sites is 1. The lowest BCUT2D eigenvalue weighted by Gasteiger charge is -2.10. The molecule has 1 amide bonds. The largest absolute Gasteiger partial charge is 0.489 e. The summed E-state index contributed by atoms with van der Waals surface area (Å²) < 4.78 is 7.65. The number of hydrogen-bond donors (Lipinski definition) is 1. The average molecular weight is 492 g/mol. The molecule has 0 unspecified atom stereocenters. The monoisotopic (exact) mass is 491 g/mol. The van der Waals surface area contributed by atoms with E-state index in [2.05, 4.69) is 6.58 Å². The Labute approximate surface area is 206 Å². The predicted molar refractivity (Wildman–Crippen MR) is 137 cm³/mol. The number of aromatic nitrogens is 2. The van der Waals surface area contributed by atoms with E-state index in [9.17, 15) is 9.59 Å². The van der Waals surface area contributed by atoms with E-state index in [0.717, 1.165) is 39.2 Å². The van der Waals surface area contributed by atoms with Crippen LogP contribution < -0.4 is 4.74 Å². The molecule has 0 radical (unpaired) electrons. The number of carboxylic acid groups (broad SMARTS) is 1. The van der Waals surface area contributed by atoms with Crippen LogP contribution in [0.3, 0.4) is 0 Å². The second-order valence-corrected chi connectivity index (χ2v) is 9.13. The molecule has 0 bridgehead atoms. The molecule has 172 valence electrons. The van der Waals surface area contributed by atoms with Crippen LogP contribution in [-0.4, -0.2) is 49.1 Å². The van der Waals surface area contributed by atoms with Crippen molar-refractivity contribution in [2.24, 2.45) is 0 Å². The molecule has 4 rings (SSSR count). The van der Waals surface area contributed by atoms with Crippen LogP contribution in [-0.2, 0) is 9.59 Å². The van der Waals surface area contributed by atoms with E-state index in [4.69, 9.17) is 27.2 Å². The van der Waals surface area contributed by atoms with Crippen molar-refractivity contribution in [3.8, 4) is 22.7 Å². The molecule has 1 N–H and O–H groups in total. The molecule has 2 heterocycles. The number of thiocarbonyl (C=S) groups is 1. The topological polar surface area (TPSA) is 84.7 Å². The first-order chi connectivity index (χ1) is 16.4. The van der Waals surface area contributed by atoms with Gasteiger partial charge < -0.3 is 9.84 Å². The Balaban J connectivity index is 1.77. The van der Waals surface area contributed by atoms with Crippen LogP contribution >= 0.6 is 24.0 Å². The van der Waals surface area contributed by atoms with Crippen molar-refractivity contribution in [3.63, 3.8) is 0 Å². The number of hydrogen-bond acceptors (Lipinski definition) is 6. The summed E-state index contributed by atoms with van der Waals surface area (Å²) in [7, 11) is 0. The minimum absolute atomic E-state index is 0.218. The number of amides is 1. The number of aliphatic carboxylic acids is 1. The average Bonchev–Trinajstić information content (AvgIpc) is 3.35. The normalized spacial score (nSPS) is 14.6. The number of rotatable bonds is 8. The van der Waals surface area contributed by atoms with Crippen LogP contribution in [0.4, 0.5) is 0 Å². The third-order valence-electron chi connectivity index (χ3n) is 5.02. The van der Waals surface area contributed by atoms with Gasteiger partial charge in [0.05, 0.1) is 10.6 Å². The minimum Gasteiger partial charge on any atom is -0.489 e. The third-order valence-corrected chi connectivity index (χ3v) is 6.40. The Bertz CT molecular complexity index is 1310. The van der Waals surface area contributed by atoms with Crippen molar-refractivity contribution < 1.29 is 19.4 Å². The lowest BCUT2D eigenvalue weighted by atomic mass is 10.0. The van der Waals surface area contributed by atoms with E-state index >= 15 is 0 Å². The Kier molecular flexibility index (Phi) is 6.95. The molecule has 9 heteroatoms. The highest BCUT2D eigenvalue weighted by molar-refractivity contribution is 8.26. The molecule has 0 aliphatic carbocycles. The van der Waals surface area contributed by atoms with E-state index in [0.29, 0.717) is 22.8 Å². The van der Waals surface area contributed by atoms with Gasteiger partial charge in [-0.1, -0.05) is 54.8 Å². The maximum absolute atomic E-state index is 12.8. The van der Waals surface area contributed by atoms with E-state index in [1.807, 2.05) is 61.7 Å². The first-order valence-electron chi connectivity index (χ1n) is 10.3. The van der Waals surface area contributed by atoms with Gasteiger partial charge >= 0.3 is 5.97 Å². The van der Waals surface area contributed by atoms with Crippen molar-refractivity contribution in [2.45, 2.75) is 6.92 Å². The van der Waals surface area contributed by atoms with Crippen molar-refractivity contribution in [1.82, 2.24) is 14.7 Å². The fourth-order valence-electron chi connectivity index (χ4n) is 3.45. The van der Waals surface area contributed by atoms with Crippen LogP contribution in [0.25, 0.3) is 23.0 Å². The molecule has 1 fully saturated rings. The predicted octanol–water partition coefficient (Wildman–Crippen LogP) is 4.70. The number of ether oxygens (including phenoxy) is 1. The first kappa shape index (κ1) is 23.5. The number of thioether (sulfide) groups is 1. The standard InChI is InChI=1S/C25H21N3O4S2/c1-3-11-32-20-10-9-17(12-16(20)2)23-18(14-28(26-23)19-7-5-4-6-8-19)13-21-24(31)27(15-22(29)30)25(33)34-21/h3-10,12-14H,1,11,15H2,2H3,(H,29,30)/b21-13+. The molecule has 0 spiro atoms. The molecule has 1 saturated heterocycles. The van der Waals surface area contributed by atoms with Crippen LogP contribution in [0, 0.1) is 6.92 Å². The van der Waals surface area contributed by atoms with Crippen LogP contribution in [0.15, 0.2) is 72.3 Å². The third kappa shape index (κ3) is 4.95. The van der Waals surface area contributed by atoms with Crippen LogP contribution in [0.2, 0.25) is 0 Å². The van der Waals surface area contributed by atoms with Crippen molar-refractivity contribution in [2.75, 3.05) is 13.2 Å². The second-order valence-electron chi connectivity index (χ2n) is 7.45. The molecule has 3 aromatic rings. The summed E-state index contributed by atoms with van der Waals surface area (Å²) in [5.41, 5.74) is 4.03. The van der Waals surface area contributed by atoms with Crippen molar-refractivity contribution in [1.29, 1.82) is 0 Å². The number of carbonyl (C=O) groups is 2. The molecule has 1 aliphatic rings. The van der Waals surface area contributed by atoms with Gasteiger partial charge in [-0.15, -0.1) is 0 Å². The van der Waals surface area contributed by atoms with Gasteiger partial charge in [0, 0.05) is 17.3 Å². The summed E-state index contributed by atoms with van der Waals surface area (Å²) in [4.78, 5) is 25.4. The zero-order valence-corrected chi connectivity index (χ0v) is 19.9. The lowest BCUT2D eigenvalue weighted by Crippen LogP contribution is -2.33. The molecule has 34 heavy (non-hydrogen) atoms. The van der Waals surface area contributed by atoms with Crippen LogP contribution in [0.1, 0.15) is 11.1 Å². The smallest absolute Gasteiger partial charge is 0.323 e. The van der Waals surface area contributed by atoms with E-state index in [-0.39, 0.29) is 4.32 Å². The first-order valence-corrected chi connectivity index (χ1v) is 11.6. The number of benzene rings is 2. The zero-order chi connectivity index (χ0) is 24.2. The summed E-state index contributed by atoms with van der Waals surface area (Å²) in [6, 6.07) is 15.4. The highest BCUT2D eigenvalue weighted by Gasteiger charge is 2.33. The van der Waals surface area contributed by atoms with Gasteiger partial charge in [-0.3, -0.25) is 14.5 Å². The van der Waals surface area contributed by atoms with Crippen molar-refractivity contribution in [3.05, 3.63) is 83.4 Å². The Morgan fingerprint density at radius 2 is 2.03 bits per heavy atom. The number of carbonyl (C=O) groups excluding carboxylic acids is 1. The van der Waals surface area contributed by atoms with Crippen LogP contribution in [0.5, 0.6) is 5.75 Å². The van der Waals surface area contributed by atoms with E-state index < -0.39 is 18.4 Å². The fourth-order valence-corrected chi connectivity index (χ4v) is 4.70. The number of aryl methyl sites for hydroxylation is 1. The van der Waals surface area contributed by atoms with E-state index in [1.165, 1.54) is 0 Å². The van der Waals surface area contributed by atoms with Gasteiger partial charge in [-0.25, -0.2) is 4.68 Å². The zero-order valence-electron chi connectivity index (χ0n) is 18.3. The van der Waals surface area contributed by atoms with Crippen molar-refractivity contribution >= 4 is 46.3 Å². The SMILES string of the molecule is C=CCOc1ccc(-c2nn(-c3ccccc3)cc2/C=C2/SC(=S)N(CC(=O)O)C2=O)cc1C. The van der Waals surface area contributed by atoms with Gasteiger partial charge in [0.1, 0.15) is 28.9 Å². The molecule has 1 aromatic heterocycles. The molecule has 0 atom stereocenters. The van der Waals surface area contributed by atoms with Gasteiger partial charge in [0.25, 0.3) is 5.91 Å². The maximum atomic E-state index is 12.8. The quantitative estimate of drug-likeness (QED) is 0.278. The molecule has 2 aromatic carbocycles. The highest BCUT2D eigenvalue weighted by Crippen LogP contribution is 2.35. The summed E-state index contributed by atoms with van der Waals surface area (Å²) in [6.45, 7) is 5.57. The molecular formula is C25H21N3O4S2. The minimum atomic E-state index is -1.12. The number of nitrogens with zero attached hydrogens (tertiary/aromatic N) is 3. The Morgan fingerprint density at radius 3 is 2.71 bits per heavy atom. The Hall–Kier alpha value is -3.69. The van der Waals surface area contributed by atoms with Gasteiger partial charge in [0.15, 0.2) is 0 Å². The second kappa shape index (κ2) is 10.1. The van der Waals surface area contributed by atoms with Gasteiger partial charge in [-0.2, -0.15) is 5.10 Å². The summed E-state index contributed by atoms with van der Waals surface area (Å²) in [5, 5.41) is 13.9. The Morgan fingerprint density at radius 1 is 1.26 bits per heavy atom. The summed E-state index contributed by atoms with van der Waals surface area (Å²) >= 11 is 6.31. The lowest BCUT2D eigenvalue weighted by molar-refractivity contribution is -0.140. The highest BCUT2D eigenvalue weighted by atomic mass is 32.2. The maximum Gasteiger partial charge on any atom is 0.323 e. The van der Waals surface area contributed by atoms with Gasteiger partial charge in [-0.05, 0) is 48.9 Å². The van der Waals surface area contributed by atoms with E-state index in [1.54, 1.807) is 16.8 Å². The molecule has 0 saturated carbocycles. The summed E-state index contributed by atoms with van der Waals surface area (Å²) in [6.07, 6.45) is 5.24. The molecular weight excluding hydrogens is 470 g/mol. The number of carboxylic acids is 1. The fraction of sp³-hybridized carbons (Fsp3) is 0.120. The summed E-state index contributed by atoms with van der Waals surface area (Å²) in [5.74, 6) is -0.799.